The van der Waals surface area contributed by atoms with Crippen molar-refractivity contribution >= 4 is 9.52 Å². The first-order chi connectivity index (χ1) is 4.85. The topological polar surface area (TPSA) is 18.5 Å². The minimum absolute atomic E-state index is 0.0625. The van der Waals surface area contributed by atoms with Crippen molar-refractivity contribution in [3.05, 3.63) is 12.3 Å². The van der Waals surface area contributed by atoms with E-state index >= 15 is 0 Å². The van der Waals surface area contributed by atoms with E-state index < -0.39 is 0 Å². The van der Waals surface area contributed by atoms with E-state index in [1.165, 1.54) is 0 Å². The molecule has 0 saturated carbocycles. The van der Waals surface area contributed by atoms with Crippen molar-refractivity contribution in [1.82, 2.24) is 0 Å². The number of ether oxygens (including phenoxy) is 2. The molecule has 3 heteroatoms. The highest BCUT2D eigenvalue weighted by molar-refractivity contribution is 6.42. The van der Waals surface area contributed by atoms with Gasteiger partial charge in [0, 0.05) is 13.2 Å². The SMILES string of the molecule is C=C[Si]C(OCC)OCC. The fourth-order valence-electron chi connectivity index (χ4n) is 0.543. The van der Waals surface area contributed by atoms with E-state index in [2.05, 4.69) is 6.58 Å². The fourth-order valence-corrected chi connectivity index (χ4v) is 1.26. The molecule has 0 saturated heterocycles. The van der Waals surface area contributed by atoms with Gasteiger partial charge in [-0.1, -0.05) is 0 Å². The molecule has 0 unspecified atom stereocenters. The molecule has 0 atom stereocenters. The molecule has 2 radical (unpaired) electrons. The van der Waals surface area contributed by atoms with Gasteiger partial charge >= 0.3 is 0 Å². The minimum Gasteiger partial charge on any atom is -0.357 e. The van der Waals surface area contributed by atoms with Crippen molar-refractivity contribution < 1.29 is 9.47 Å². The van der Waals surface area contributed by atoms with E-state index in [4.69, 9.17) is 9.47 Å². The Labute approximate surface area is 65.0 Å². The molecule has 0 heterocycles. The van der Waals surface area contributed by atoms with Crippen LogP contribution in [-0.4, -0.2) is 28.6 Å². The lowest BCUT2D eigenvalue weighted by molar-refractivity contribution is -0.0818. The van der Waals surface area contributed by atoms with Gasteiger partial charge in [0.15, 0.2) is 0 Å². The van der Waals surface area contributed by atoms with E-state index in [9.17, 15) is 0 Å². The summed E-state index contributed by atoms with van der Waals surface area (Å²) in [5.74, 6) is -0.0625. The molecule has 0 aliphatic rings. The number of hydrogen-bond donors (Lipinski definition) is 0. The highest BCUT2D eigenvalue weighted by Crippen LogP contribution is 1.92. The lowest BCUT2D eigenvalue weighted by atomic mass is 10.8. The molecule has 0 aromatic carbocycles. The van der Waals surface area contributed by atoms with E-state index in [0.717, 1.165) is 0 Å². The summed E-state index contributed by atoms with van der Waals surface area (Å²) < 4.78 is 10.5. The number of hydrogen-bond acceptors (Lipinski definition) is 2. The Morgan fingerprint density at radius 1 is 1.40 bits per heavy atom. The molecule has 0 aliphatic heterocycles. The second-order valence-corrected chi connectivity index (χ2v) is 2.83. The minimum atomic E-state index is -0.0625. The van der Waals surface area contributed by atoms with Gasteiger partial charge in [0.05, 0.1) is 0 Å². The first kappa shape index (κ1) is 9.88. The summed E-state index contributed by atoms with van der Waals surface area (Å²) in [6.45, 7) is 8.93. The largest absolute Gasteiger partial charge is 0.357 e. The number of rotatable bonds is 6. The third-order valence-corrected chi connectivity index (χ3v) is 1.73. The van der Waals surface area contributed by atoms with Gasteiger partial charge in [0.2, 0.25) is 0 Å². The molecular formula is C7H14O2Si. The molecule has 58 valence electrons. The molecule has 0 amide bonds. The summed E-state index contributed by atoms with van der Waals surface area (Å²) in [6.07, 6.45) is 0. The lowest BCUT2D eigenvalue weighted by Crippen LogP contribution is -2.23. The van der Waals surface area contributed by atoms with E-state index in [1.54, 1.807) is 0 Å². The molecule has 0 aromatic rings. The van der Waals surface area contributed by atoms with Crippen LogP contribution in [-0.2, 0) is 9.47 Å². The maximum Gasteiger partial charge on any atom is 0.147 e. The Balaban J connectivity index is 3.38. The van der Waals surface area contributed by atoms with E-state index in [-0.39, 0.29) is 5.91 Å². The molecule has 2 nitrogen and oxygen atoms in total. The normalized spacial score (nSPS) is 10.3. The molecule has 0 bridgehead atoms. The zero-order valence-electron chi connectivity index (χ0n) is 6.59. The summed E-state index contributed by atoms with van der Waals surface area (Å²) in [4.78, 5) is 0. The molecule has 0 aliphatic carbocycles. The average Bonchev–Trinajstić information content (AvgIpc) is 1.90. The quantitative estimate of drug-likeness (QED) is 0.427. The summed E-state index contributed by atoms with van der Waals surface area (Å²) >= 11 is 0. The molecule has 0 aromatic heterocycles. The molecular weight excluding hydrogens is 144 g/mol. The van der Waals surface area contributed by atoms with Crippen LogP contribution in [0.15, 0.2) is 12.3 Å². The van der Waals surface area contributed by atoms with Gasteiger partial charge in [-0.3, -0.25) is 0 Å². The Morgan fingerprint density at radius 2 is 1.90 bits per heavy atom. The van der Waals surface area contributed by atoms with Crippen molar-refractivity contribution in [2.24, 2.45) is 0 Å². The van der Waals surface area contributed by atoms with Gasteiger partial charge in [-0.05, 0) is 13.8 Å². The van der Waals surface area contributed by atoms with Gasteiger partial charge in [-0.15, -0.1) is 12.3 Å². The van der Waals surface area contributed by atoms with Crippen molar-refractivity contribution in [2.45, 2.75) is 19.8 Å². The third-order valence-electron chi connectivity index (χ3n) is 0.890. The molecule has 0 rings (SSSR count). The predicted molar refractivity (Wildman–Crippen MR) is 43.0 cm³/mol. The van der Waals surface area contributed by atoms with Crippen LogP contribution in [0.25, 0.3) is 0 Å². The molecule has 0 spiro atoms. The summed E-state index contributed by atoms with van der Waals surface area (Å²) in [5.41, 5.74) is 1.83. The average molecular weight is 158 g/mol. The first-order valence-corrected chi connectivity index (χ1v) is 4.60. The van der Waals surface area contributed by atoms with Crippen LogP contribution >= 0.6 is 0 Å². The Bertz CT molecular complexity index is 79.7. The second-order valence-electron chi connectivity index (χ2n) is 1.61. The fraction of sp³-hybridized carbons (Fsp3) is 0.714. The van der Waals surface area contributed by atoms with Gasteiger partial charge in [-0.25, -0.2) is 0 Å². The van der Waals surface area contributed by atoms with Crippen molar-refractivity contribution in [2.75, 3.05) is 13.2 Å². The van der Waals surface area contributed by atoms with Crippen LogP contribution in [0.1, 0.15) is 13.8 Å². The van der Waals surface area contributed by atoms with Crippen molar-refractivity contribution in [3.63, 3.8) is 0 Å². The van der Waals surface area contributed by atoms with Gasteiger partial charge in [0.1, 0.15) is 15.4 Å². The third kappa shape index (κ3) is 4.73. The van der Waals surface area contributed by atoms with Crippen LogP contribution < -0.4 is 0 Å². The van der Waals surface area contributed by atoms with E-state index in [1.807, 2.05) is 19.5 Å². The second kappa shape index (κ2) is 6.99. The maximum absolute atomic E-state index is 5.24. The standard InChI is InChI=1S/C7H14O2Si/c1-4-8-7(9-5-2)10-6-3/h6-7H,3-5H2,1-2H3. The summed E-state index contributed by atoms with van der Waals surface area (Å²) in [5, 5.41) is 0. The van der Waals surface area contributed by atoms with Crippen LogP contribution in [0.5, 0.6) is 0 Å². The van der Waals surface area contributed by atoms with Gasteiger partial charge in [-0.2, -0.15) is 0 Å². The smallest absolute Gasteiger partial charge is 0.147 e. The lowest BCUT2D eigenvalue weighted by Gasteiger charge is -2.13. The molecule has 0 fully saturated rings. The van der Waals surface area contributed by atoms with Gasteiger partial charge < -0.3 is 9.47 Å². The predicted octanol–water partition coefficient (Wildman–Crippen LogP) is 1.19. The monoisotopic (exact) mass is 158 g/mol. The Kier molecular flexibility index (Phi) is 6.90. The molecule has 10 heavy (non-hydrogen) atoms. The molecule has 0 N–H and O–H groups in total. The van der Waals surface area contributed by atoms with Crippen LogP contribution in [0, 0.1) is 0 Å². The van der Waals surface area contributed by atoms with Crippen LogP contribution in [0.4, 0.5) is 0 Å². The summed E-state index contributed by atoms with van der Waals surface area (Å²) in [7, 11) is 0.539. The Morgan fingerprint density at radius 3 is 2.20 bits per heavy atom. The Hall–Kier alpha value is -0.123. The van der Waals surface area contributed by atoms with Crippen LogP contribution in [0.3, 0.4) is 0 Å². The van der Waals surface area contributed by atoms with Crippen molar-refractivity contribution in [1.29, 1.82) is 0 Å². The first-order valence-electron chi connectivity index (χ1n) is 3.45. The van der Waals surface area contributed by atoms with Crippen molar-refractivity contribution in [3.8, 4) is 0 Å². The highest BCUT2D eigenvalue weighted by Gasteiger charge is 2.04. The zero-order chi connectivity index (χ0) is 7.82. The van der Waals surface area contributed by atoms with Gasteiger partial charge in [0.25, 0.3) is 0 Å². The van der Waals surface area contributed by atoms with E-state index in [0.29, 0.717) is 22.7 Å². The zero-order valence-corrected chi connectivity index (χ0v) is 7.59. The summed E-state index contributed by atoms with van der Waals surface area (Å²) in [6, 6.07) is 0. The highest BCUT2D eigenvalue weighted by atomic mass is 28.2. The van der Waals surface area contributed by atoms with Crippen LogP contribution in [0.2, 0.25) is 0 Å². The maximum atomic E-state index is 5.24.